The predicted octanol–water partition coefficient (Wildman–Crippen LogP) is 2.74. The molecule has 11 nitrogen and oxygen atoms in total. The van der Waals surface area contributed by atoms with Gasteiger partial charge in [0.15, 0.2) is 18.2 Å². The lowest BCUT2D eigenvalue weighted by Gasteiger charge is -2.25. The molecule has 0 saturated carbocycles. The van der Waals surface area contributed by atoms with Crippen molar-refractivity contribution in [3.05, 3.63) is 65.9 Å². The topological polar surface area (TPSA) is 161 Å². The van der Waals surface area contributed by atoms with Crippen molar-refractivity contribution in [2.75, 3.05) is 13.7 Å². The van der Waals surface area contributed by atoms with Crippen molar-refractivity contribution < 1.29 is 38.6 Å². The van der Waals surface area contributed by atoms with Crippen molar-refractivity contribution in [1.82, 2.24) is 15.6 Å². The highest BCUT2D eigenvalue weighted by Gasteiger charge is 2.30. The fourth-order valence-electron chi connectivity index (χ4n) is 4.20. The van der Waals surface area contributed by atoms with Gasteiger partial charge in [-0.2, -0.15) is 0 Å². The number of carbonyl (C=O) groups excluding carboxylic acids is 4. The summed E-state index contributed by atoms with van der Waals surface area (Å²) in [6.07, 6.45) is 0.676. The van der Waals surface area contributed by atoms with E-state index in [2.05, 4.69) is 15.6 Å². The molecule has 41 heavy (non-hydrogen) atoms. The number of fused-ring (bicyclic) bond motifs is 1. The maximum Gasteiger partial charge on any atom is 0.305 e. The second kappa shape index (κ2) is 14.0. The van der Waals surface area contributed by atoms with Gasteiger partial charge in [0.05, 0.1) is 20.0 Å². The maximum atomic E-state index is 13.2. The third-order valence-corrected chi connectivity index (χ3v) is 6.38. The van der Waals surface area contributed by atoms with E-state index in [1.807, 2.05) is 12.1 Å². The van der Waals surface area contributed by atoms with Crippen molar-refractivity contribution in [1.29, 1.82) is 0 Å². The second-order valence-electron chi connectivity index (χ2n) is 9.80. The number of benzene rings is 2. The van der Waals surface area contributed by atoms with Gasteiger partial charge in [-0.1, -0.05) is 32.0 Å². The summed E-state index contributed by atoms with van der Waals surface area (Å²) in [4.78, 5) is 66.5. The highest BCUT2D eigenvalue weighted by Crippen LogP contribution is 2.23. The monoisotopic (exact) mass is 563 g/mol. The molecule has 0 aliphatic rings. The number of pyridine rings is 1. The number of Topliss-reactive ketones (excluding diaryl/α,β-unsaturated/α-hetero) is 2. The SMILES string of the molecule is COc1ccc(C(C)=O)cc1CC(=O)N[C@H](C(=O)N[C@@H](CC(=O)O)C(=O)COc1nccc2ccccc12)C(C)C. The molecule has 0 aliphatic heterocycles. The number of aromatic nitrogens is 1. The number of ether oxygens (including phenoxy) is 2. The van der Waals surface area contributed by atoms with Crippen LogP contribution in [-0.4, -0.2) is 65.2 Å². The van der Waals surface area contributed by atoms with Crippen molar-refractivity contribution >= 4 is 40.1 Å². The van der Waals surface area contributed by atoms with E-state index in [-0.39, 0.29) is 18.1 Å². The molecular weight excluding hydrogens is 530 g/mol. The summed E-state index contributed by atoms with van der Waals surface area (Å²) in [6.45, 7) is 4.28. The Balaban J connectivity index is 1.70. The number of carbonyl (C=O) groups is 5. The van der Waals surface area contributed by atoms with Crippen LogP contribution in [0.3, 0.4) is 0 Å². The number of nitrogens with one attached hydrogen (secondary N) is 2. The van der Waals surface area contributed by atoms with Crippen molar-refractivity contribution in [3.8, 4) is 11.6 Å². The summed E-state index contributed by atoms with van der Waals surface area (Å²) in [5.41, 5.74) is 0.862. The molecule has 0 radical (unpaired) electrons. The van der Waals surface area contributed by atoms with E-state index in [0.717, 1.165) is 5.39 Å². The smallest absolute Gasteiger partial charge is 0.305 e. The molecule has 2 amide bonds. The lowest BCUT2D eigenvalue weighted by molar-refractivity contribution is -0.141. The van der Waals surface area contributed by atoms with E-state index in [1.165, 1.54) is 20.2 Å². The van der Waals surface area contributed by atoms with Crippen LogP contribution in [0.15, 0.2) is 54.7 Å². The molecule has 0 spiro atoms. The van der Waals surface area contributed by atoms with Crippen LogP contribution in [0.4, 0.5) is 0 Å². The lowest BCUT2D eigenvalue weighted by atomic mass is 10.0. The molecule has 2 atom stereocenters. The minimum Gasteiger partial charge on any atom is -0.496 e. The van der Waals surface area contributed by atoms with Crippen LogP contribution in [0.1, 0.15) is 43.1 Å². The van der Waals surface area contributed by atoms with E-state index >= 15 is 0 Å². The number of ketones is 2. The summed E-state index contributed by atoms with van der Waals surface area (Å²) in [7, 11) is 1.44. The zero-order valence-corrected chi connectivity index (χ0v) is 23.3. The molecular formula is C30H33N3O8. The van der Waals surface area contributed by atoms with Gasteiger partial charge < -0.3 is 25.2 Å². The van der Waals surface area contributed by atoms with Crippen molar-refractivity contribution in [2.24, 2.45) is 5.92 Å². The number of hydrogen-bond donors (Lipinski definition) is 3. The van der Waals surface area contributed by atoms with Crippen molar-refractivity contribution in [3.63, 3.8) is 0 Å². The Hall–Kier alpha value is -4.80. The first-order valence-corrected chi connectivity index (χ1v) is 13.0. The second-order valence-corrected chi connectivity index (χ2v) is 9.80. The Kier molecular flexibility index (Phi) is 10.5. The molecule has 3 N–H and O–H groups in total. The third-order valence-electron chi connectivity index (χ3n) is 6.38. The number of carboxylic acid groups (broad SMARTS) is 1. The van der Waals surface area contributed by atoms with Crippen LogP contribution < -0.4 is 20.1 Å². The number of aliphatic carboxylic acids is 1. The molecule has 0 bridgehead atoms. The molecule has 1 heterocycles. The van der Waals surface area contributed by atoms with Crippen LogP contribution in [0.25, 0.3) is 10.8 Å². The van der Waals surface area contributed by atoms with E-state index < -0.39 is 54.6 Å². The summed E-state index contributed by atoms with van der Waals surface area (Å²) in [5, 5.41) is 16.0. The van der Waals surface area contributed by atoms with Crippen molar-refractivity contribution in [2.45, 2.75) is 45.7 Å². The molecule has 3 aromatic rings. The average Bonchev–Trinajstić information content (AvgIpc) is 2.93. The Morgan fingerprint density at radius 3 is 2.39 bits per heavy atom. The first-order valence-electron chi connectivity index (χ1n) is 13.0. The molecule has 216 valence electrons. The van der Waals surface area contributed by atoms with Crippen LogP contribution in [0.2, 0.25) is 0 Å². The van der Waals surface area contributed by atoms with Gasteiger partial charge >= 0.3 is 5.97 Å². The average molecular weight is 564 g/mol. The molecule has 1 aromatic heterocycles. The van der Waals surface area contributed by atoms with E-state index in [0.29, 0.717) is 22.3 Å². The summed E-state index contributed by atoms with van der Waals surface area (Å²) in [6, 6.07) is 11.3. The maximum absolute atomic E-state index is 13.2. The fraction of sp³-hybridized carbons (Fsp3) is 0.333. The lowest BCUT2D eigenvalue weighted by Crippen LogP contribution is -2.54. The van der Waals surface area contributed by atoms with Gasteiger partial charge in [-0.3, -0.25) is 24.0 Å². The molecule has 3 rings (SSSR count). The Labute approximate surface area is 237 Å². The molecule has 2 aromatic carbocycles. The number of carboxylic acids is 1. The Morgan fingerprint density at radius 2 is 1.73 bits per heavy atom. The van der Waals surface area contributed by atoms with Crippen LogP contribution in [0, 0.1) is 5.92 Å². The molecule has 0 fully saturated rings. The Morgan fingerprint density at radius 1 is 1.00 bits per heavy atom. The Bertz CT molecular complexity index is 1450. The number of nitrogens with zero attached hydrogens (tertiary/aromatic N) is 1. The zero-order valence-electron chi connectivity index (χ0n) is 23.3. The van der Waals surface area contributed by atoms with Crippen LogP contribution in [-0.2, 0) is 25.6 Å². The van der Waals surface area contributed by atoms with Gasteiger partial charge in [-0.05, 0) is 48.6 Å². The van der Waals surface area contributed by atoms with Gasteiger partial charge in [0, 0.05) is 22.7 Å². The van der Waals surface area contributed by atoms with E-state index in [1.54, 1.807) is 50.2 Å². The summed E-state index contributed by atoms with van der Waals surface area (Å²) in [5.74, 6) is -3.18. The predicted molar refractivity (Wildman–Crippen MR) is 150 cm³/mol. The molecule has 11 heteroatoms. The molecule has 0 saturated heterocycles. The van der Waals surface area contributed by atoms with Gasteiger partial charge in [0.2, 0.25) is 17.7 Å². The normalized spacial score (nSPS) is 12.3. The zero-order chi connectivity index (χ0) is 30.1. The number of hydrogen-bond acceptors (Lipinski definition) is 8. The standard InChI is InChI=1S/C30H33N3O8/c1-17(2)28(33-26(36)14-21-13-20(18(3)34)9-10-25(21)40-4)29(39)32-23(15-27(37)38)24(35)16-41-30-22-8-6-5-7-19(22)11-12-31-30/h5-13,17,23,28H,14-16H2,1-4H3,(H,32,39)(H,33,36)(H,37,38)/t23-,28-/m0/s1. The first-order chi connectivity index (χ1) is 19.5. The minimum atomic E-state index is -1.40. The summed E-state index contributed by atoms with van der Waals surface area (Å²) >= 11 is 0. The quantitative estimate of drug-likeness (QED) is 0.251. The summed E-state index contributed by atoms with van der Waals surface area (Å²) < 4.78 is 10.9. The van der Waals surface area contributed by atoms with E-state index in [9.17, 15) is 29.1 Å². The number of amides is 2. The van der Waals surface area contributed by atoms with Crippen LogP contribution in [0.5, 0.6) is 11.6 Å². The highest BCUT2D eigenvalue weighted by atomic mass is 16.5. The van der Waals surface area contributed by atoms with E-state index in [4.69, 9.17) is 9.47 Å². The van der Waals surface area contributed by atoms with Gasteiger partial charge in [-0.25, -0.2) is 4.98 Å². The molecule has 0 unspecified atom stereocenters. The number of rotatable bonds is 14. The molecule has 0 aliphatic carbocycles. The first kappa shape index (κ1) is 30.7. The largest absolute Gasteiger partial charge is 0.496 e. The van der Waals surface area contributed by atoms with Crippen LogP contribution >= 0.6 is 0 Å². The highest BCUT2D eigenvalue weighted by molar-refractivity contribution is 5.97. The fourth-order valence-corrected chi connectivity index (χ4v) is 4.20. The minimum absolute atomic E-state index is 0.176. The third kappa shape index (κ3) is 8.34. The number of methoxy groups -OCH3 is 1. The van der Waals surface area contributed by atoms with Gasteiger partial charge in [0.1, 0.15) is 17.8 Å². The van der Waals surface area contributed by atoms with Gasteiger partial charge in [-0.15, -0.1) is 0 Å². The van der Waals surface area contributed by atoms with Gasteiger partial charge in [0.25, 0.3) is 0 Å².